The molecule has 0 radical (unpaired) electrons. The number of fused-ring (bicyclic) bond motifs is 1. The fraction of sp³-hybridized carbons (Fsp3) is 0.125. The van der Waals surface area contributed by atoms with E-state index in [-0.39, 0.29) is 5.91 Å². The molecule has 0 bridgehead atoms. The number of benzene rings is 1. The van der Waals surface area contributed by atoms with Gasteiger partial charge in [0, 0.05) is 24.0 Å². The summed E-state index contributed by atoms with van der Waals surface area (Å²) >= 11 is 6.86. The SMILES string of the molecule is O=C(CCn1c(-c2cccs2)n[nH]c1=S)Nc1ccc2[nH]ncc2c1. The highest BCUT2D eigenvalue weighted by atomic mass is 32.1. The third-order valence-electron chi connectivity index (χ3n) is 3.79. The second-order valence-electron chi connectivity index (χ2n) is 5.45. The molecule has 0 aliphatic carbocycles. The topological polar surface area (TPSA) is 91.4 Å². The van der Waals surface area contributed by atoms with E-state index in [9.17, 15) is 4.79 Å². The first kappa shape index (κ1) is 15.7. The molecule has 7 nitrogen and oxygen atoms in total. The zero-order chi connectivity index (χ0) is 17.2. The van der Waals surface area contributed by atoms with E-state index in [0.29, 0.717) is 17.7 Å². The Morgan fingerprint density at radius 1 is 1.32 bits per heavy atom. The van der Waals surface area contributed by atoms with Gasteiger partial charge in [0.1, 0.15) is 0 Å². The quantitative estimate of drug-likeness (QED) is 0.468. The summed E-state index contributed by atoms with van der Waals surface area (Å²) in [6, 6.07) is 9.56. The summed E-state index contributed by atoms with van der Waals surface area (Å²) in [5.74, 6) is 0.677. The number of aromatic nitrogens is 5. The van der Waals surface area contributed by atoms with Gasteiger partial charge in [0.2, 0.25) is 5.91 Å². The van der Waals surface area contributed by atoms with Gasteiger partial charge in [-0.15, -0.1) is 11.3 Å². The summed E-state index contributed by atoms with van der Waals surface area (Å²) in [6.07, 6.45) is 2.03. The van der Waals surface area contributed by atoms with Crippen LogP contribution in [-0.2, 0) is 11.3 Å². The fourth-order valence-corrected chi connectivity index (χ4v) is 3.52. The fourth-order valence-electron chi connectivity index (χ4n) is 2.58. The van der Waals surface area contributed by atoms with Crippen molar-refractivity contribution < 1.29 is 4.79 Å². The molecule has 4 aromatic rings. The van der Waals surface area contributed by atoms with Crippen molar-refractivity contribution in [3.63, 3.8) is 0 Å². The maximum Gasteiger partial charge on any atom is 0.226 e. The second kappa shape index (κ2) is 6.61. The van der Waals surface area contributed by atoms with Crippen LogP contribution >= 0.6 is 23.6 Å². The molecule has 0 fully saturated rings. The van der Waals surface area contributed by atoms with Crippen LogP contribution in [0.25, 0.3) is 21.6 Å². The minimum absolute atomic E-state index is 0.0805. The lowest BCUT2D eigenvalue weighted by molar-refractivity contribution is -0.116. The molecule has 0 spiro atoms. The lowest BCUT2D eigenvalue weighted by atomic mass is 10.2. The first-order valence-electron chi connectivity index (χ1n) is 7.63. The number of hydrogen-bond acceptors (Lipinski definition) is 5. The Balaban J connectivity index is 1.45. The van der Waals surface area contributed by atoms with Crippen molar-refractivity contribution in [1.29, 1.82) is 0 Å². The largest absolute Gasteiger partial charge is 0.326 e. The smallest absolute Gasteiger partial charge is 0.226 e. The van der Waals surface area contributed by atoms with E-state index in [4.69, 9.17) is 12.2 Å². The van der Waals surface area contributed by atoms with Crippen LogP contribution in [0.4, 0.5) is 5.69 Å². The van der Waals surface area contributed by atoms with Crippen molar-refractivity contribution in [2.45, 2.75) is 13.0 Å². The number of nitrogens with one attached hydrogen (secondary N) is 3. The summed E-state index contributed by atoms with van der Waals surface area (Å²) in [5.41, 5.74) is 1.68. The van der Waals surface area contributed by atoms with Crippen molar-refractivity contribution in [2.75, 3.05) is 5.32 Å². The molecule has 3 heterocycles. The first-order chi connectivity index (χ1) is 12.2. The normalized spacial score (nSPS) is 11.0. The van der Waals surface area contributed by atoms with E-state index in [1.807, 2.05) is 40.3 Å². The molecule has 1 aromatic carbocycles. The number of rotatable bonds is 5. The number of hydrogen-bond donors (Lipinski definition) is 3. The van der Waals surface area contributed by atoms with Crippen molar-refractivity contribution >= 4 is 46.1 Å². The Hall–Kier alpha value is -2.78. The van der Waals surface area contributed by atoms with Gasteiger partial charge in [0.05, 0.1) is 16.6 Å². The third-order valence-corrected chi connectivity index (χ3v) is 4.96. The van der Waals surface area contributed by atoms with Crippen molar-refractivity contribution in [1.82, 2.24) is 25.0 Å². The van der Waals surface area contributed by atoms with Gasteiger partial charge in [-0.25, -0.2) is 0 Å². The minimum Gasteiger partial charge on any atom is -0.326 e. The highest BCUT2D eigenvalue weighted by Crippen LogP contribution is 2.23. The average Bonchev–Trinajstić information content (AvgIpc) is 3.33. The lowest BCUT2D eigenvalue weighted by Crippen LogP contribution is -2.15. The molecule has 3 aromatic heterocycles. The number of carbonyl (C=O) groups excluding carboxylic acids is 1. The Kier molecular flexibility index (Phi) is 4.16. The van der Waals surface area contributed by atoms with Gasteiger partial charge in [0.25, 0.3) is 0 Å². The van der Waals surface area contributed by atoms with E-state index in [1.54, 1.807) is 17.5 Å². The number of H-pyrrole nitrogens is 2. The standard InChI is InChI=1S/C16H14N6OS2/c23-14(18-11-3-4-12-10(8-11)9-17-19-12)5-6-22-15(20-21-16(22)24)13-2-1-7-25-13/h1-4,7-9H,5-6H2,(H,17,19)(H,18,23)(H,21,24). The predicted octanol–water partition coefficient (Wildman–Crippen LogP) is 3.57. The Bertz CT molecular complexity index is 1080. The molecule has 0 saturated heterocycles. The summed E-state index contributed by atoms with van der Waals surface area (Å²) in [7, 11) is 0. The van der Waals surface area contributed by atoms with Gasteiger partial charge in [-0.2, -0.15) is 10.2 Å². The molecular weight excluding hydrogens is 356 g/mol. The monoisotopic (exact) mass is 370 g/mol. The molecule has 3 N–H and O–H groups in total. The highest BCUT2D eigenvalue weighted by molar-refractivity contribution is 7.71. The minimum atomic E-state index is -0.0805. The summed E-state index contributed by atoms with van der Waals surface area (Å²) in [4.78, 5) is 13.3. The van der Waals surface area contributed by atoms with Crippen LogP contribution < -0.4 is 5.32 Å². The molecule has 0 unspecified atom stereocenters. The summed E-state index contributed by atoms with van der Waals surface area (Å²) in [6.45, 7) is 0.461. The lowest BCUT2D eigenvalue weighted by Gasteiger charge is -2.07. The van der Waals surface area contributed by atoms with E-state index in [1.165, 1.54) is 0 Å². The zero-order valence-electron chi connectivity index (χ0n) is 13.0. The van der Waals surface area contributed by atoms with Crippen molar-refractivity contribution in [2.24, 2.45) is 0 Å². The molecule has 0 aliphatic rings. The van der Waals surface area contributed by atoms with Gasteiger partial charge >= 0.3 is 0 Å². The van der Waals surface area contributed by atoms with Crippen LogP contribution in [0.5, 0.6) is 0 Å². The molecule has 25 heavy (non-hydrogen) atoms. The first-order valence-corrected chi connectivity index (χ1v) is 8.91. The van der Waals surface area contributed by atoms with Crippen LogP contribution in [-0.4, -0.2) is 30.9 Å². The van der Waals surface area contributed by atoms with Gasteiger partial charge in [-0.05, 0) is 41.9 Å². The third kappa shape index (κ3) is 3.24. The maximum atomic E-state index is 12.3. The number of thiophene rings is 1. The number of amides is 1. The van der Waals surface area contributed by atoms with Gasteiger partial charge in [-0.3, -0.25) is 19.6 Å². The van der Waals surface area contributed by atoms with Crippen LogP contribution in [0.3, 0.4) is 0 Å². The molecule has 9 heteroatoms. The maximum absolute atomic E-state index is 12.3. The predicted molar refractivity (Wildman–Crippen MR) is 100 cm³/mol. The Morgan fingerprint density at radius 2 is 2.24 bits per heavy atom. The highest BCUT2D eigenvalue weighted by Gasteiger charge is 2.11. The zero-order valence-corrected chi connectivity index (χ0v) is 14.7. The number of nitrogens with zero attached hydrogens (tertiary/aromatic N) is 3. The summed E-state index contributed by atoms with van der Waals surface area (Å²) < 4.78 is 2.36. The van der Waals surface area contributed by atoms with E-state index < -0.39 is 0 Å². The van der Waals surface area contributed by atoms with Crippen LogP contribution in [0, 0.1) is 4.77 Å². The second-order valence-corrected chi connectivity index (χ2v) is 6.79. The molecule has 1 amide bonds. The van der Waals surface area contributed by atoms with Crippen molar-refractivity contribution in [3.05, 3.63) is 46.7 Å². The van der Waals surface area contributed by atoms with Gasteiger partial charge < -0.3 is 5.32 Å². The Labute approximate surface area is 151 Å². The van der Waals surface area contributed by atoms with Crippen LogP contribution in [0.15, 0.2) is 41.9 Å². The Morgan fingerprint density at radius 3 is 3.08 bits per heavy atom. The molecule has 4 rings (SSSR count). The van der Waals surface area contributed by atoms with E-state index >= 15 is 0 Å². The number of carbonyl (C=O) groups is 1. The molecule has 0 aliphatic heterocycles. The summed E-state index contributed by atoms with van der Waals surface area (Å²) in [5, 5.41) is 19.8. The van der Waals surface area contributed by atoms with Gasteiger partial charge in [-0.1, -0.05) is 6.07 Å². The van der Waals surface area contributed by atoms with Crippen molar-refractivity contribution in [3.8, 4) is 10.7 Å². The van der Waals surface area contributed by atoms with E-state index in [2.05, 4.69) is 25.7 Å². The van der Waals surface area contributed by atoms with Crippen LogP contribution in [0.1, 0.15) is 6.42 Å². The molecule has 0 saturated carbocycles. The van der Waals surface area contributed by atoms with Gasteiger partial charge in [0.15, 0.2) is 10.6 Å². The van der Waals surface area contributed by atoms with Crippen LogP contribution in [0.2, 0.25) is 0 Å². The van der Waals surface area contributed by atoms with E-state index in [0.717, 1.165) is 27.3 Å². The molecule has 0 atom stereocenters. The number of anilines is 1. The number of aromatic amines is 2. The molecular formula is C16H14N6OS2. The average molecular weight is 370 g/mol. The molecule has 126 valence electrons.